The van der Waals surface area contributed by atoms with Crippen LogP contribution in [-0.2, 0) is 0 Å². The molecule has 1 amide bonds. The Kier molecular flexibility index (Phi) is 3.04. The number of ether oxygens (including phenoxy) is 1. The summed E-state index contributed by atoms with van der Waals surface area (Å²) in [5, 5.41) is 2.86. The number of hydrogen-bond acceptors (Lipinski definition) is 2. The minimum absolute atomic E-state index is 0.0658. The van der Waals surface area contributed by atoms with Crippen LogP contribution in [0.1, 0.15) is 10.4 Å². The van der Waals surface area contributed by atoms with Crippen molar-refractivity contribution in [2.75, 3.05) is 7.11 Å². The number of hydrogen-bond donors (Lipinski definition) is 0. The fraction of sp³-hybridized carbons (Fsp3) is 0.125. The molecule has 1 aromatic carbocycles. The summed E-state index contributed by atoms with van der Waals surface area (Å²) >= 11 is 0. The van der Waals surface area contributed by atoms with Gasteiger partial charge in [0.25, 0.3) is 0 Å². The second-order valence-corrected chi connectivity index (χ2v) is 2.34. The summed E-state index contributed by atoms with van der Waals surface area (Å²) in [4.78, 5) is 13.4. The monoisotopic (exact) mass is 195 g/mol. The summed E-state index contributed by atoms with van der Waals surface area (Å²) in [5.41, 5.74) is 8.10. The molecule has 1 aromatic rings. The maximum absolute atomic E-state index is 12.9. The van der Waals surface area contributed by atoms with E-state index in [9.17, 15) is 9.18 Å². The maximum Gasteiger partial charge on any atom is 0.249 e. The third-order valence-corrected chi connectivity index (χ3v) is 1.53. The van der Waals surface area contributed by atoms with Crippen LogP contribution in [0.5, 0.6) is 5.75 Å². The van der Waals surface area contributed by atoms with Gasteiger partial charge in [0.2, 0.25) is 5.91 Å². The van der Waals surface area contributed by atoms with Gasteiger partial charge in [-0.1, -0.05) is 0 Å². The van der Waals surface area contributed by atoms with Crippen molar-refractivity contribution >= 4 is 5.91 Å². The second kappa shape index (κ2) is 4.25. The number of amides is 1. The van der Waals surface area contributed by atoms with E-state index >= 15 is 0 Å². The van der Waals surface area contributed by atoms with Gasteiger partial charge in [-0.05, 0) is 28.8 Å². The Balaban J connectivity index is 3.12. The average molecular weight is 195 g/mol. The van der Waals surface area contributed by atoms with Crippen molar-refractivity contribution in [3.05, 3.63) is 40.0 Å². The fourth-order valence-corrected chi connectivity index (χ4v) is 0.891. The lowest BCUT2D eigenvalue weighted by Crippen LogP contribution is -1.96. The van der Waals surface area contributed by atoms with Crippen molar-refractivity contribution in [1.82, 2.24) is 0 Å². The largest absolute Gasteiger partial charge is 0.494 e. The Morgan fingerprint density at radius 3 is 2.93 bits per heavy atom. The van der Waals surface area contributed by atoms with E-state index in [1.807, 2.05) is 0 Å². The fourth-order valence-electron chi connectivity index (χ4n) is 0.891. The lowest BCUT2D eigenvalue weighted by Gasteiger charge is -2.02. The molecule has 14 heavy (non-hydrogen) atoms. The minimum Gasteiger partial charge on any atom is -0.494 e. The Hall–Kier alpha value is -2.07. The number of methoxy groups -OCH3 is 1. The molecule has 0 aliphatic rings. The van der Waals surface area contributed by atoms with Crippen molar-refractivity contribution < 1.29 is 13.9 Å². The van der Waals surface area contributed by atoms with Crippen molar-refractivity contribution in [3.8, 4) is 5.75 Å². The van der Waals surface area contributed by atoms with Crippen LogP contribution >= 0.6 is 0 Å². The molecule has 1 rings (SSSR count). The molecule has 0 spiro atoms. The zero-order valence-electron chi connectivity index (χ0n) is 7.27. The molecule has 0 N–H and O–H groups in total. The normalized spacial score (nSPS) is 9.00. The Bertz CT molecular complexity index is 413. The van der Waals surface area contributed by atoms with Crippen molar-refractivity contribution in [2.45, 2.75) is 0 Å². The van der Waals surface area contributed by atoms with Crippen LogP contribution in [0, 0.1) is 5.82 Å². The topological polar surface area (TPSA) is 75.1 Å². The van der Waals surface area contributed by atoms with E-state index in [0.717, 1.165) is 6.07 Å². The molecular weight excluding hydrogens is 189 g/mol. The van der Waals surface area contributed by atoms with Crippen LogP contribution in [0.4, 0.5) is 4.39 Å². The molecule has 72 valence electrons. The van der Waals surface area contributed by atoms with Crippen LogP contribution in [0.3, 0.4) is 0 Å². The highest BCUT2D eigenvalue weighted by molar-refractivity contribution is 5.95. The maximum atomic E-state index is 12.9. The first kappa shape index (κ1) is 10.0. The smallest absolute Gasteiger partial charge is 0.249 e. The van der Waals surface area contributed by atoms with Gasteiger partial charge in [-0.15, -0.1) is 0 Å². The van der Waals surface area contributed by atoms with Crippen molar-refractivity contribution in [3.63, 3.8) is 0 Å². The first-order valence-corrected chi connectivity index (χ1v) is 3.62. The summed E-state index contributed by atoms with van der Waals surface area (Å²) in [6.07, 6.45) is 0. The summed E-state index contributed by atoms with van der Waals surface area (Å²) in [6.45, 7) is 0. The Morgan fingerprint density at radius 1 is 1.64 bits per heavy atom. The van der Waals surface area contributed by atoms with E-state index in [1.165, 1.54) is 19.2 Å². The van der Waals surface area contributed by atoms with E-state index in [-0.39, 0.29) is 11.3 Å². The Morgan fingerprint density at radius 2 is 2.36 bits per heavy atom. The van der Waals surface area contributed by atoms with E-state index in [1.54, 1.807) is 0 Å². The summed E-state index contributed by atoms with van der Waals surface area (Å²) < 4.78 is 17.5. The van der Waals surface area contributed by atoms with Gasteiger partial charge < -0.3 is 4.74 Å². The van der Waals surface area contributed by atoms with Gasteiger partial charge in [-0.3, -0.25) is 4.79 Å². The number of rotatable bonds is 2. The quantitative estimate of drug-likeness (QED) is 0.412. The van der Waals surface area contributed by atoms with Crippen LogP contribution in [0.15, 0.2) is 23.3 Å². The Labute approximate surface area is 78.7 Å². The molecule has 0 aliphatic heterocycles. The molecule has 0 aromatic heterocycles. The second-order valence-electron chi connectivity index (χ2n) is 2.34. The first-order valence-electron chi connectivity index (χ1n) is 3.62. The van der Waals surface area contributed by atoms with Gasteiger partial charge in [-0.25, -0.2) is 4.39 Å². The molecule has 0 unspecified atom stereocenters. The van der Waals surface area contributed by atoms with Gasteiger partial charge in [-0.2, -0.15) is 0 Å². The summed E-state index contributed by atoms with van der Waals surface area (Å²) in [5.74, 6) is -1.42. The number of carbonyl (C=O) groups is 1. The molecule has 0 saturated heterocycles. The third kappa shape index (κ3) is 1.99. The highest BCUT2D eigenvalue weighted by Crippen LogP contribution is 2.18. The van der Waals surface area contributed by atoms with Gasteiger partial charge >= 0.3 is 0 Å². The molecule has 0 radical (unpaired) electrons. The van der Waals surface area contributed by atoms with Gasteiger partial charge in [0.1, 0.15) is 0 Å². The minimum atomic E-state index is -0.772. The SMILES string of the molecule is COc1cc(C(=O)N=[N+]=[N-])ccc1F. The van der Waals surface area contributed by atoms with Crippen molar-refractivity contribution in [1.29, 1.82) is 0 Å². The number of carbonyl (C=O) groups excluding carboxylic acids is 1. The standard InChI is InChI=1S/C8H6FN3O2/c1-14-7-4-5(2-3-6(7)9)8(13)11-12-10/h2-4H,1H3. The molecule has 0 aliphatic carbocycles. The third-order valence-electron chi connectivity index (χ3n) is 1.53. The van der Waals surface area contributed by atoms with E-state index in [2.05, 4.69) is 14.8 Å². The van der Waals surface area contributed by atoms with E-state index < -0.39 is 11.7 Å². The zero-order valence-corrected chi connectivity index (χ0v) is 7.27. The van der Waals surface area contributed by atoms with Crippen LogP contribution in [-0.4, -0.2) is 13.0 Å². The van der Waals surface area contributed by atoms with Gasteiger partial charge in [0.15, 0.2) is 11.6 Å². The predicted octanol–water partition coefficient (Wildman–Crippen LogP) is 2.28. The van der Waals surface area contributed by atoms with E-state index in [0.29, 0.717) is 0 Å². The van der Waals surface area contributed by atoms with Gasteiger partial charge in [0, 0.05) is 10.5 Å². The van der Waals surface area contributed by atoms with Crippen LogP contribution in [0.2, 0.25) is 0 Å². The van der Waals surface area contributed by atoms with Gasteiger partial charge in [0.05, 0.1) is 7.11 Å². The number of benzene rings is 1. The molecule has 0 atom stereocenters. The molecular formula is C8H6FN3O2. The van der Waals surface area contributed by atoms with Crippen LogP contribution < -0.4 is 4.74 Å². The summed E-state index contributed by atoms with van der Waals surface area (Å²) in [7, 11) is 1.28. The summed E-state index contributed by atoms with van der Waals surface area (Å²) in [6, 6.07) is 3.46. The molecule has 0 bridgehead atoms. The van der Waals surface area contributed by atoms with Crippen LogP contribution in [0.25, 0.3) is 10.4 Å². The molecule has 0 saturated carbocycles. The number of nitrogens with zero attached hydrogens (tertiary/aromatic N) is 3. The average Bonchev–Trinajstić information content (AvgIpc) is 2.19. The molecule has 0 heterocycles. The highest BCUT2D eigenvalue weighted by atomic mass is 19.1. The lowest BCUT2D eigenvalue weighted by atomic mass is 10.2. The molecule has 0 fully saturated rings. The highest BCUT2D eigenvalue weighted by Gasteiger charge is 2.07. The number of azide groups is 1. The van der Waals surface area contributed by atoms with Crippen molar-refractivity contribution in [2.24, 2.45) is 5.11 Å². The first-order chi connectivity index (χ1) is 6.69. The van der Waals surface area contributed by atoms with E-state index in [4.69, 9.17) is 5.53 Å². The number of halogens is 1. The molecule has 5 nitrogen and oxygen atoms in total. The molecule has 6 heteroatoms. The predicted molar refractivity (Wildman–Crippen MR) is 46.4 cm³/mol. The zero-order chi connectivity index (χ0) is 10.6. The lowest BCUT2D eigenvalue weighted by molar-refractivity contribution is 0.1000.